The van der Waals surface area contributed by atoms with Crippen LogP contribution in [-0.2, 0) is 6.42 Å². The van der Waals surface area contributed by atoms with E-state index in [0.29, 0.717) is 0 Å². The summed E-state index contributed by atoms with van der Waals surface area (Å²) in [5.74, 6) is 0. The number of aryl methyl sites for hydroxylation is 2. The molecule has 2 rings (SSSR count). The highest BCUT2D eigenvalue weighted by Gasteiger charge is 2.12. The van der Waals surface area contributed by atoms with Crippen molar-refractivity contribution in [2.24, 2.45) is 0 Å². The molecule has 3 nitrogen and oxygen atoms in total. The second-order valence-corrected chi connectivity index (χ2v) is 4.85. The summed E-state index contributed by atoms with van der Waals surface area (Å²) in [6, 6.07) is 6.86. The molecule has 0 bridgehead atoms. The van der Waals surface area contributed by atoms with Crippen LogP contribution >= 0.6 is 11.7 Å². The molecule has 1 N–H and O–H groups in total. The average molecular weight is 247 g/mol. The van der Waals surface area contributed by atoms with Crippen molar-refractivity contribution in [3.05, 3.63) is 46.8 Å². The second kappa shape index (κ2) is 5.38. The van der Waals surface area contributed by atoms with Crippen LogP contribution in [0, 0.1) is 13.8 Å². The van der Waals surface area contributed by atoms with Crippen LogP contribution in [0.1, 0.15) is 28.4 Å². The second-order valence-electron chi connectivity index (χ2n) is 4.30. The van der Waals surface area contributed by atoms with E-state index in [-0.39, 0.29) is 6.04 Å². The molecule has 2 aromatic rings. The molecule has 0 saturated heterocycles. The van der Waals surface area contributed by atoms with Crippen molar-refractivity contribution in [1.82, 2.24) is 14.1 Å². The Morgan fingerprint density at radius 2 is 2.12 bits per heavy atom. The van der Waals surface area contributed by atoms with E-state index in [1.165, 1.54) is 28.4 Å². The third-order valence-electron chi connectivity index (χ3n) is 3.09. The van der Waals surface area contributed by atoms with Crippen LogP contribution in [0.25, 0.3) is 0 Å². The lowest BCUT2D eigenvalue weighted by Gasteiger charge is -2.14. The zero-order valence-electron chi connectivity index (χ0n) is 10.4. The molecule has 0 aliphatic rings. The number of rotatable bonds is 4. The van der Waals surface area contributed by atoms with E-state index in [2.05, 4.69) is 46.1 Å². The lowest BCUT2D eigenvalue weighted by molar-refractivity contribution is 0.580. The molecule has 1 aromatic carbocycles. The number of nitrogens with one attached hydrogen (secondary N) is 1. The maximum atomic E-state index is 4.29. The molecule has 90 valence electrons. The maximum Gasteiger partial charge on any atom is 0.0915 e. The van der Waals surface area contributed by atoms with E-state index >= 15 is 0 Å². The molecular weight excluding hydrogens is 230 g/mol. The summed E-state index contributed by atoms with van der Waals surface area (Å²) in [6.07, 6.45) is 2.79. The van der Waals surface area contributed by atoms with Gasteiger partial charge in [-0.05, 0) is 44.0 Å². The first kappa shape index (κ1) is 12.2. The summed E-state index contributed by atoms with van der Waals surface area (Å²) >= 11 is 1.26. The molecule has 0 aliphatic heterocycles. The summed E-state index contributed by atoms with van der Waals surface area (Å²) in [6.45, 7) is 4.29. The summed E-state index contributed by atoms with van der Waals surface area (Å²) in [4.78, 5) is 0. The van der Waals surface area contributed by atoms with Crippen molar-refractivity contribution in [2.45, 2.75) is 26.3 Å². The largest absolute Gasteiger partial charge is 0.311 e. The molecule has 0 amide bonds. The van der Waals surface area contributed by atoms with Gasteiger partial charge in [-0.2, -0.15) is 8.75 Å². The smallest absolute Gasteiger partial charge is 0.0915 e. The standard InChI is InChI=1S/C13H17N3S/c1-9-4-5-11(6-10(9)2)7-12(14-3)13-8-15-17-16-13/h4-6,8,12,14H,7H2,1-3H3. The summed E-state index contributed by atoms with van der Waals surface area (Å²) in [5, 5.41) is 3.29. The van der Waals surface area contributed by atoms with Crippen molar-refractivity contribution in [1.29, 1.82) is 0 Å². The van der Waals surface area contributed by atoms with Crippen molar-refractivity contribution in [2.75, 3.05) is 7.05 Å². The topological polar surface area (TPSA) is 37.8 Å². The molecule has 1 aromatic heterocycles. The molecule has 0 spiro atoms. The quantitative estimate of drug-likeness (QED) is 0.902. The zero-order valence-corrected chi connectivity index (χ0v) is 11.2. The van der Waals surface area contributed by atoms with Gasteiger partial charge in [0.05, 0.1) is 29.7 Å². The van der Waals surface area contributed by atoms with E-state index in [1.54, 1.807) is 0 Å². The first-order chi connectivity index (χ1) is 8.20. The Hall–Kier alpha value is -1.26. The van der Waals surface area contributed by atoms with Gasteiger partial charge in [0, 0.05) is 0 Å². The number of aromatic nitrogens is 2. The number of hydrogen-bond acceptors (Lipinski definition) is 4. The van der Waals surface area contributed by atoms with E-state index in [0.717, 1.165) is 12.1 Å². The minimum atomic E-state index is 0.246. The molecule has 0 saturated carbocycles. The van der Waals surface area contributed by atoms with Gasteiger partial charge < -0.3 is 5.32 Å². The third-order valence-corrected chi connectivity index (χ3v) is 3.59. The van der Waals surface area contributed by atoms with Crippen LogP contribution in [0.15, 0.2) is 24.4 Å². The van der Waals surface area contributed by atoms with Gasteiger partial charge in [-0.25, -0.2) is 0 Å². The predicted molar refractivity (Wildman–Crippen MR) is 71.3 cm³/mol. The lowest BCUT2D eigenvalue weighted by atomic mass is 10.00. The van der Waals surface area contributed by atoms with Crippen LogP contribution in [0.2, 0.25) is 0 Å². The molecule has 0 radical (unpaired) electrons. The van der Waals surface area contributed by atoms with Gasteiger partial charge in [-0.3, -0.25) is 0 Å². The van der Waals surface area contributed by atoms with E-state index < -0.39 is 0 Å². The maximum absolute atomic E-state index is 4.29. The van der Waals surface area contributed by atoms with Crippen molar-refractivity contribution < 1.29 is 0 Å². The van der Waals surface area contributed by atoms with E-state index in [1.807, 2.05) is 13.2 Å². The molecule has 0 aliphatic carbocycles. The van der Waals surface area contributed by atoms with Gasteiger partial charge in [0.2, 0.25) is 0 Å². The minimum absolute atomic E-state index is 0.246. The molecule has 17 heavy (non-hydrogen) atoms. The molecular formula is C13H17N3S. The molecule has 1 atom stereocenters. The zero-order chi connectivity index (χ0) is 12.3. The summed E-state index contributed by atoms with van der Waals surface area (Å²) < 4.78 is 8.35. The Morgan fingerprint density at radius 3 is 2.71 bits per heavy atom. The molecule has 4 heteroatoms. The Balaban J connectivity index is 2.16. The Bertz CT molecular complexity index is 479. The highest BCUT2D eigenvalue weighted by atomic mass is 32.1. The molecule has 1 unspecified atom stereocenters. The van der Waals surface area contributed by atoms with Crippen LogP contribution in [0.5, 0.6) is 0 Å². The van der Waals surface area contributed by atoms with Gasteiger partial charge in [0.1, 0.15) is 0 Å². The fourth-order valence-corrected chi connectivity index (χ4v) is 2.32. The lowest BCUT2D eigenvalue weighted by Crippen LogP contribution is -2.19. The van der Waals surface area contributed by atoms with Gasteiger partial charge in [-0.15, -0.1) is 0 Å². The fraction of sp³-hybridized carbons (Fsp3) is 0.385. The number of likely N-dealkylation sites (N-methyl/N-ethyl adjacent to an activating group) is 1. The Labute approximate surface area is 106 Å². The molecule has 1 heterocycles. The van der Waals surface area contributed by atoms with Gasteiger partial charge in [0.25, 0.3) is 0 Å². The summed E-state index contributed by atoms with van der Waals surface area (Å²) in [7, 11) is 1.96. The average Bonchev–Trinajstić information content (AvgIpc) is 2.84. The SMILES string of the molecule is CNC(Cc1ccc(C)c(C)c1)c1cnsn1. The van der Waals surface area contributed by atoms with E-state index in [4.69, 9.17) is 0 Å². The van der Waals surface area contributed by atoms with Gasteiger partial charge in [0.15, 0.2) is 0 Å². The normalized spacial score (nSPS) is 12.6. The van der Waals surface area contributed by atoms with Gasteiger partial charge >= 0.3 is 0 Å². The first-order valence-electron chi connectivity index (χ1n) is 5.71. The van der Waals surface area contributed by atoms with Crippen LogP contribution in [-0.4, -0.2) is 15.8 Å². The molecule has 0 fully saturated rings. The van der Waals surface area contributed by atoms with Crippen LogP contribution in [0.4, 0.5) is 0 Å². The minimum Gasteiger partial charge on any atom is -0.311 e. The van der Waals surface area contributed by atoms with Crippen molar-refractivity contribution in [3.8, 4) is 0 Å². The third kappa shape index (κ3) is 2.90. The number of benzene rings is 1. The first-order valence-corrected chi connectivity index (χ1v) is 6.44. The predicted octanol–water partition coefficient (Wildman–Crippen LogP) is 2.66. The van der Waals surface area contributed by atoms with Crippen LogP contribution < -0.4 is 5.32 Å². The Kier molecular flexibility index (Phi) is 3.86. The number of nitrogens with zero attached hydrogens (tertiary/aromatic N) is 2. The highest BCUT2D eigenvalue weighted by Crippen LogP contribution is 2.18. The van der Waals surface area contributed by atoms with E-state index in [9.17, 15) is 0 Å². The number of hydrogen-bond donors (Lipinski definition) is 1. The highest BCUT2D eigenvalue weighted by molar-refractivity contribution is 6.99. The Morgan fingerprint density at radius 1 is 1.29 bits per heavy atom. The van der Waals surface area contributed by atoms with Crippen molar-refractivity contribution in [3.63, 3.8) is 0 Å². The van der Waals surface area contributed by atoms with Gasteiger partial charge in [-0.1, -0.05) is 18.2 Å². The van der Waals surface area contributed by atoms with Crippen molar-refractivity contribution >= 4 is 11.7 Å². The fourth-order valence-electron chi connectivity index (χ4n) is 1.85. The monoisotopic (exact) mass is 247 g/mol. The van der Waals surface area contributed by atoms with Crippen LogP contribution in [0.3, 0.4) is 0 Å². The summed E-state index contributed by atoms with van der Waals surface area (Å²) in [5.41, 5.74) is 5.04.